The third-order valence-corrected chi connectivity index (χ3v) is 3.74. The Balaban J connectivity index is 2.33. The first-order valence-electron chi connectivity index (χ1n) is 6.88. The highest BCUT2D eigenvalue weighted by molar-refractivity contribution is 6.30. The van der Waals surface area contributed by atoms with E-state index in [9.17, 15) is 9.59 Å². The lowest BCUT2D eigenvalue weighted by atomic mass is 10.0. The third kappa shape index (κ3) is 3.22. The summed E-state index contributed by atoms with van der Waals surface area (Å²) in [6.45, 7) is 6.83. The molecule has 0 bridgehead atoms. The normalized spacial score (nSPS) is 17.3. The molecule has 20 heavy (non-hydrogen) atoms. The van der Waals surface area contributed by atoms with Crippen LogP contribution in [-0.4, -0.2) is 41.6 Å². The molecule has 0 radical (unpaired) electrons. The van der Waals surface area contributed by atoms with Crippen molar-refractivity contribution < 1.29 is 4.79 Å². The number of nitrogens with one attached hydrogen (secondary N) is 1. The maximum absolute atomic E-state index is 12.7. The molecule has 6 heteroatoms. The van der Waals surface area contributed by atoms with Gasteiger partial charge in [-0.3, -0.25) is 9.59 Å². The lowest BCUT2D eigenvalue weighted by molar-refractivity contribution is -0.136. The molecule has 1 aliphatic rings. The molecule has 5 nitrogen and oxygen atoms in total. The van der Waals surface area contributed by atoms with Crippen molar-refractivity contribution in [2.75, 3.05) is 26.2 Å². The van der Waals surface area contributed by atoms with Crippen molar-refractivity contribution in [1.82, 2.24) is 14.8 Å². The molecule has 0 spiro atoms. The molecule has 1 fully saturated rings. The second-order valence-electron chi connectivity index (χ2n) is 5.36. The maximum Gasteiger partial charge on any atom is 0.251 e. The van der Waals surface area contributed by atoms with E-state index in [-0.39, 0.29) is 17.4 Å². The number of carbonyl (C=O) groups is 1. The number of rotatable bonds is 3. The van der Waals surface area contributed by atoms with Crippen LogP contribution in [0.2, 0.25) is 5.02 Å². The lowest BCUT2D eigenvalue weighted by Gasteiger charge is -2.33. The van der Waals surface area contributed by atoms with Crippen molar-refractivity contribution in [2.45, 2.75) is 19.9 Å². The van der Waals surface area contributed by atoms with E-state index >= 15 is 0 Å². The Labute approximate surface area is 123 Å². The van der Waals surface area contributed by atoms with E-state index in [1.807, 2.05) is 18.7 Å². The molecule has 1 saturated heterocycles. The first-order valence-corrected chi connectivity index (χ1v) is 7.25. The van der Waals surface area contributed by atoms with E-state index in [1.54, 1.807) is 12.3 Å². The van der Waals surface area contributed by atoms with Crippen molar-refractivity contribution >= 4 is 17.5 Å². The molecule has 1 N–H and O–H groups in total. The van der Waals surface area contributed by atoms with Crippen LogP contribution < -0.4 is 10.9 Å². The van der Waals surface area contributed by atoms with Crippen molar-refractivity contribution in [3.05, 3.63) is 33.7 Å². The number of carbonyl (C=O) groups excluding carboxylic acids is 1. The predicted molar refractivity (Wildman–Crippen MR) is 79.0 cm³/mol. The SMILES string of the molecule is CC(C)C(C(=O)N1CCNCC1)n1cc(Cl)ccc1=O. The van der Waals surface area contributed by atoms with Gasteiger partial charge in [0, 0.05) is 38.4 Å². The smallest absolute Gasteiger partial charge is 0.251 e. The molecule has 1 aliphatic heterocycles. The average Bonchev–Trinajstić information content (AvgIpc) is 2.43. The van der Waals surface area contributed by atoms with E-state index < -0.39 is 6.04 Å². The molecule has 1 aromatic heterocycles. The molecule has 0 aromatic carbocycles. The monoisotopic (exact) mass is 297 g/mol. The fourth-order valence-electron chi connectivity index (χ4n) is 2.49. The first-order chi connectivity index (χ1) is 9.50. The number of pyridine rings is 1. The summed E-state index contributed by atoms with van der Waals surface area (Å²) in [7, 11) is 0. The Morgan fingerprint density at radius 1 is 1.30 bits per heavy atom. The molecular weight excluding hydrogens is 278 g/mol. The molecular formula is C14H20ClN3O2. The van der Waals surface area contributed by atoms with Gasteiger partial charge >= 0.3 is 0 Å². The summed E-state index contributed by atoms with van der Waals surface area (Å²) in [4.78, 5) is 26.5. The molecule has 1 atom stereocenters. The minimum Gasteiger partial charge on any atom is -0.338 e. The summed E-state index contributed by atoms with van der Waals surface area (Å²) in [5.41, 5.74) is -0.198. The minimum atomic E-state index is -0.501. The maximum atomic E-state index is 12.7. The molecule has 1 aromatic rings. The molecule has 2 rings (SSSR count). The van der Waals surface area contributed by atoms with E-state index in [2.05, 4.69) is 5.32 Å². The molecule has 1 unspecified atom stereocenters. The zero-order valence-corrected chi connectivity index (χ0v) is 12.6. The van der Waals surface area contributed by atoms with E-state index in [0.717, 1.165) is 13.1 Å². The van der Waals surface area contributed by atoms with Gasteiger partial charge in [-0.15, -0.1) is 0 Å². The molecule has 0 saturated carbocycles. The zero-order chi connectivity index (χ0) is 14.7. The van der Waals surface area contributed by atoms with Crippen molar-refractivity contribution in [2.24, 2.45) is 5.92 Å². The highest BCUT2D eigenvalue weighted by Gasteiger charge is 2.30. The largest absolute Gasteiger partial charge is 0.338 e. The van der Waals surface area contributed by atoms with Gasteiger partial charge < -0.3 is 14.8 Å². The average molecular weight is 298 g/mol. The molecule has 0 aliphatic carbocycles. The van der Waals surface area contributed by atoms with Crippen LogP contribution in [0.25, 0.3) is 0 Å². The van der Waals surface area contributed by atoms with Crippen molar-refractivity contribution in [3.63, 3.8) is 0 Å². The van der Waals surface area contributed by atoms with Crippen molar-refractivity contribution in [3.8, 4) is 0 Å². The Morgan fingerprint density at radius 2 is 1.95 bits per heavy atom. The zero-order valence-electron chi connectivity index (χ0n) is 11.8. The van der Waals surface area contributed by atoms with E-state index in [1.165, 1.54) is 10.6 Å². The Bertz CT molecular complexity index is 535. The molecule has 110 valence electrons. The predicted octanol–water partition coefficient (Wildman–Crippen LogP) is 1.13. The van der Waals surface area contributed by atoms with Gasteiger partial charge in [-0.2, -0.15) is 0 Å². The fraction of sp³-hybridized carbons (Fsp3) is 0.571. The Kier molecular flexibility index (Phi) is 4.83. The Hall–Kier alpha value is -1.33. The summed E-state index contributed by atoms with van der Waals surface area (Å²) in [6.07, 6.45) is 1.55. The van der Waals surface area contributed by atoms with Gasteiger partial charge in [-0.1, -0.05) is 25.4 Å². The van der Waals surface area contributed by atoms with Gasteiger partial charge in [0.15, 0.2) is 0 Å². The van der Waals surface area contributed by atoms with Gasteiger partial charge in [0.2, 0.25) is 5.91 Å². The van der Waals surface area contributed by atoms with E-state index in [4.69, 9.17) is 11.6 Å². The number of amides is 1. The number of hydrogen-bond acceptors (Lipinski definition) is 3. The standard InChI is InChI=1S/C14H20ClN3O2/c1-10(2)13(14(20)17-7-5-16-6-8-17)18-9-11(15)3-4-12(18)19/h3-4,9-10,13,16H,5-8H2,1-2H3. The van der Waals surface area contributed by atoms with Gasteiger partial charge in [0.05, 0.1) is 5.02 Å². The highest BCUT2D eigenvalue weighted by Crippen LogP contribution is 2.20. The van der Waals surface area contributed by atoms with Crippen LogP contribution in [0, 0.1) is 5.92 Å². The van der Waals surface area contributed by atoms with Crippen molar-refractivity contribution in [1.29, 1.82) is 0 Å². The fourth-order valence-corrected chi connectivity index (χ4v) is 2.66. The lowest BCUT2D eigenvalue weighted by Crippen LogP contribution is -2.50. The second-order valence-corrected chi connectivity index (χ2v) is 5.79. The Morgan fingerprint density at radius 3 is 2.55 bits per heavy atom. The summed E-state index contributed by atoms with van der Waals surface area (Å²) in [5.74, 6) is 0.0134. The highest BCUT2D eigenvalue weighted by atomic mass is 35.5. The summed E-state index contributed by atoms with van der Waals surface area (Å²) >= 11 is 5.96. The van der Waals surface area contributed by atoms with Gasteiger partial charge in [0.1, 0.15) is 6.04 Å². The number of hydrogen-bond donors (Lipinski definition) is 1. The van der Waals surface area contributed by atoms with Crippen LogP contribution in [0.1, 0.15) is 19.9 Å². The van der Waals surface area contributed by atoms with Gasteiger partial charge in [-0.05, 0) is 12.0 Å². The topological polar surface area (TPSA) is 54.3 Å². The van der Waals surface area contributed by atoms with Crippen LogP contribution >= 0.6 is 11.6 Å². The number of nitrogens with zero attached hydrogens (tertiary/aromatic N) is 2. The van der Waals surface area contributed by atoms with Crippen LogP contribution in [-0.2, 0) is 4.79 Å². The number of halogens is 1. The van der Waals surface area contributed by atoms with E-state index in [0.29, 0.717) is 18.1 Å². The summed E-state index contributed by atoms with van der Waals surface area (Å²) < 4.78 is 1.46. The number of aromatic nitrogens is 1. The number of piperazine rings is 1. The van der Waals surface area contributed by atoms with Crippen LogP contribution in [0.4, 0.5) is 0 Å². The first kappa shape index (κ1) is 15.1. The van der Waals surface area contributed by atoms with Crippen LogP contribution in [0.3, 0.4) is 0 Å². The molecule has 2 heterocycles. The summed E-state index contributed by atoms with van der Waals surface area (Å²) in [5, 5.41) is 3.68. The van der Waals surface area contributed by atoms with Crippen LogP contribution in [0.15, 0.2) is 23.1 Å². The second kappa shape index (κ2) is 6.41. The van der Waals surface area contributed by atoms with Crippen LogP contribution in [0.5, 0.6) is 0 Å². The quantitative estimate of drug-likeness (QED) is 0.910. The third-order valence-electron chi connectivity index (χ3n) is 3.51. The summed E-state index contributed by atoms with van der Waals surface area (Å²) in [6, 6.07) is 2.45. The molecule has 1 amide bonds. The minimum absolute atomic E-state index is 0.00846. The van der Waals surface area contributed by atoms with Gasteiger partial charge in [0.25, 0.3) is 5.56 Å². The van der Waals surface area contributed by atoms with Gasteiger partial charge in [-0.25, -0.2) is 0 Å².